The Hall–Kier alpha value is -2.30. The van der Waals surface area contributed by atoms with Gasteiger partial charge in [0.1, 0.15) is 0 Å². The van der Waals surface area contributed by atoms with Gasteiger partial charge in [-0.3, -0.25) is 9.59 Å². The maximum atomic E-state index is 12.1. The minimum Gasteiger partial charge on any atom is -0.453 e. The number of hydrogen-bond donors (Lipinski definition) is 1. The van der Waals surface area contributed by atoms with Gasteiger partial charge in [-0.05, 0) is 44.2 Å². The van der Waals surface area contributed by atoms with E-state index in [1.54, 1.807) is 11.8 Å². The molecule has 1 atom stereocenters. The number of amides is 1. The van der Waals surface area contributed by atoms with Crippen LogP contribution in [0.15, 0.2) is 30.5 Å². The van der Waals surface area contributed by atoms with Crippen LogP contribution in [0, 0.1) is 0 Å². The Morgan fingerprint density at radius 2 is 2.00 bits per heavy atom. The molecule has 24 heavy (non-hydrogen) atoms. The van der Waals surface area contributed by atoms with Crippen LogP contribution in [0.25, 0.3) is 10.9 Å². The molecule has 1 fully saturated rings. The minimum absolute atomic E-state index is 0.0718. The van der Waals surface area contributed by atoms with Crippen LogP contribution in [-0.4, -0.2) is 41.0 Å². The predicted molar refractivity (Wildman–Crippen MR) is 92.6 cm³/mol. The smallest absolute Gasteiger partial charge is 0.306 e. The zero-order valence-corrected chi connectivity index (χ0v) is 14.1. The maximum absolute atomic E-state index is 12.1. The first-order chi connectivity index (χ1) is 11.6. The maximum Gasteiger partial charge on any atom is 0.306 e. The number of rotatable bonds is 6. The monoisotopic (exact) mass is 328 g/mol. The van der Waals surface area contributed by atoms with Crippen molar-refractivity contribution in [3.05, 3.63) is 36.0 Å². The van der Waals surface area contributed by atoms with Crippen LogP contribution in [-0.2, 0) is 20.7 Å². The fourth-order valence-electron chi connectivity index (χ4n) is 3.26. The van der Waals surface area contributed by atoms with Gasteiger partial charge in [0.15, 0.2) is 6.10 Å². The second-order valence-corrected chi connectivity index (χ2v) is 6.38. The molecule has 1 aromatic carbocycles. The summed E-state index contributed by atoms with van der Waals surface area (Å²) in [4.78, 5) is 29.1. The van der Waals surface area contributed by atoms with Gasteiger partial charge in [-0.1, -0.05) is 18.2 Å². The lowest BCUT2D eigenvalue weighted by molar-refractivity contribution is -0.158. The van der Waals surface area contributed by atoms with Gasteiger partial charge in [0, 0.05) is 36.6 Å². The van der Waals surface area contributed by atoms with Crippen LogP contribution in [0.4, 0.5) is 0 Å². The van der Waals surface area contributed by atoms with E-state index in [-0.39, 0.29) is 11.9 Å². The summed E-state index contributed by atoms with van der Waals surface area (Å²) in [5.74, 6) is -0.368. The summed E-state index contributed by atoms with van der Waals surface area (Å²) in [5, 5.41) is 1.20. The number of fused-ring (bicyclic) bond motifs is 1. The number of nitrogens with zero attached hydrogens (tertiary/aromatic N) is 1. The van der Waals surface area contributed by atoms with E-state index >= 15 is 0 Å². The fraction of sp³-hybridized carbons (Fsp3) is 0.474. The van der Waals surface area contributed by atoms with Crippen molar-refractivity contribution in [2.24, 2.45) is 0 Å². The molecule has 1 aliphatic rings. The van der Waals surface area contributed by atoms with Gasteiger partial charge in [0.25, 0.3) is 5.91 Å². The third-order valence-electron chi connectivity index (χ3n) is 4.58. The number of H-pyrrole nitrogens is 1. The molecule has 0 saturated carbocycles. The number of aromatic amines is 1. The number of ether oxygens (including phenoxy) is 1. The van der Waals surface area contributed by atoms with Gasteiger partial charge in [-0.2, -0.15) is 0 Å². The number of aromatic nitrogens is 1. The summed E-state index contributed by atoms with van der Waals surface area (Å²) in [7, 11) is 0. The van der Waals surface area contributed by atoms with Crippen LogP contribution in [0.2, 0.25) is 0 Å². The molecule has 1 amide bonds. The number of carbonyl (C=O) groups excluding carboxylic acids is 2. The summed E-state index contributed by atoms with van der Waals surface area (Å²) >= 11 is 0. The number of benzene rings is 1. The number of esters is 1. The lowest BCUT2D eigenvalue weighted by atomic mass is 10.1. The average Bonchev–Trinajstić information content (AvgIpc) is 3.24. The quantitative estimate of drug-likeness (QED) is 0.829. The molecule has 5 heteroatoms. The molecule has 1 aliphatic heterocycles. The van der Waals surface area contributed by atoms with Gasteiger partial charge in [-0.25, -0.2) is 0 Å². The fourth-order valence-corrected chi connectivity index (χ4v) is 3.26. The Balaban J connectivity index is 1.44. The summed E-state index contributed by atoms with van der Waals surface area (Å²) in [6, 6.07) is 8.13. The molecule has 0 aliphatic carbocycles. The Labute approximate surface area is 142 Å². The Morgan fingerprint density at radius 1 is 1.25 bits per heavy atom. The van der Waals surface area contributed by atoms with Crippen molar-refractivity contribution in [1.29, 1.82) is 0 Å². The molecular formula is C19H24N2O3. The Bertz CT molecular complexity index is 716. The molecule has 2 heterocycles. The molecule has 0 spiro atoms. The summed E-state index contributed by atoms with van der Waals surface area (Å²) in [6.45, 7) is 3.22. The highest BCUT2D eigenvalue weighted by Gasteiger charge is 2.25. The van der Waals surface area contributed by atoms with Gasteiger partial charge in [0.05, 0.1) is 0 Å². The molecular weight excluding hydrogens is 304 g/mol. The molecule has 1 N–H and O–H groups in total. The SMILES string of the molecule is C[C@@H](OC(=O)CCCc1c[nH]c2ccccc12)C(=O)N1CCCC1. The number of nitrogens with one attached hydrogen (secondary N) is 1. The van der Waals surface area contributed by atoms with E-state index in [0.717, 1.165) is 37.9 Å². The largest absolute Gasteiger partial charge is 0.453 e. The summed E-state index contributed by atoms with van der Waals surface area (Å²) < 4.78 is 5.29. The van der Waals surface area contributed by atoms with Gasteiger partial charge in [0.2, 0.25) is 0 Å². The molecule has 0 unspecified atom stereocenters. The Morgan fingerprint density at radius 3 is 2.79 bits per heavy atom. The summed E-state index contributed by atoms with van der Waals surface area (Å²) in [5.41, 5.74) is 2.32. The van der Waals surface area contributed by atoms with Crippen LogP contribution in [0.3, 0.4) is 0 Å². The zero-order valence-electron chi connectivity index (χ0n) is 14.1. The van der Waals surface area contributed by atoms with Crippen molar-refractivity contribution in [2.75, 3.05) is 13.1 Å². The van der Waals surface area contributed by atoms with E-state index < -0.39 is 6.10 Å². The summed E-state index contributed by atoms with van der Waals surface area (Å²) in [6.07, 6.45) is 5.25. The van der Waals surface area contributed by atoms with E-state index in [2.05, 4.69) is 11.1 Å². The van der Waals surface area contributed by atoms with Crippen LogP contribution in [0.1, 0.15) is 38.2 Å². The van der Waals surface area contributed by atoms with E-state index in [0.29, 0.717) is 12.8 Å². The van der Waals surface area contributed by atoms with Crippen molar-refractivity contribution >= 4 is 22.8 Å². The highest BCUT2D eigenvalue weighted by atomic mass is 16.5. The first-order valence-electron chi connectivity index (χ1n) is 8.68. The molecule has 128 valence electrons. The van der Waals surface area contributed by atoms with Crippen molar-refractivity contribution in [3.8, 4) is 0 Å². The molecule has 5 nitrogen and oxygen atoms in total. The molecule has 3 rings (SSSR count). The van der Waals surface area contributed by atoms with Crippen LogP contribution < -0.4 is 0 Å². The number of carbonyl (C=O) groups is 2. The first-order valence-corrected chi connectivity index (χ1v) is 8.68. The van der Waals surface area contributed by atoms with Gasteiger partial charge in [-0.15, -0.1) is 0 Å². The second-order valence-electron chi connectivity index (χ2n) is 6.38. The lowest BCUT2D eigenvalue weighted by Crippen LogP contribution is -2.38. The average molecular weight is 328 g/mol. The standard InChI is InChI=1S/C19H24N2O3/c1-14(19(23)21-11-4-5-12-21)24-18(22)10-6-7-15-13-20-17-9-3-2-8-16(15)17/h2-3,8-9,13-14,20H,4-7,10-12H2,1H3/t14-/m1/s1. The number of likely N-dealkylation sites (tertiary alicyclic amines) is 1. The van der Waals surface area contributed by atoms with E-state index in [4.69, 9.17) is 4.74 Å². The van der Waals surface area contributed by atoms with Crippen molar-refractivity contribution < 1.29 is 14.3 Å². The van der Waals surface area contributed by atoms with Crippen LogP contribution in [0.5, 0.6) is 0 Å². The molecule has 2 aromatic rings. The van der Waals surface area contributed by atoms with Crippen molar-refractivity contribution in [3.63, 3.8) is 0 Å². The molecule has 1 aromatic heterocycles. The van der Waals surface area contributed by atoms with E-state index in [1.165, 1.54) is 10.9 Å². The zero-order chi connectivity index (χ0) is 16.9. The lowest BCUT2D eigenvalue weighted by Gasteiger charge is -2.20. The topological polar surface area (TPSA) is 62.4 Å². The third-order valence-corrected chi connectivity index (χ3v) is 4.58. The van der Waals surface area contributed by atoms with E-state index in [9.17, 15) is 9.59 Å². The number of para-hydroxylation sites is 1. The molecule has 1 saturated heterocycles. The van der Waals surface area contributed by atoms with E-state index in [1.807, 2.05) is 24.4 Å². The third kappa shape index (κ3) is 3.78. The second kappa shape index (κ2) is 7.51. The minimum atomic E-state index is -0.677. The molecule has 0 radical (unpaired) electrons. The van der Waals surface area contributed by atoms with Crippen LogP contribution >= 0.6 is 0 Å². The molecule has 0 bridgehead atoms. The number of aryl methyl sites for hydroxylation is 1. The normalized spacial score (nSPS) is 15.6. The van der Waals surface area contributed by atoms with Gasteiger partial charge < -0.3 is 14.6 Å². The highest BCUT2D eigenvalue weighted by molar-refractivity contribution is 5.84. The van der Waals surface area contributed by atoms with Crippen molar-refractivity contribution in [2.45, 2.75) is 45.1 Å². The predicted octanol–water partition coefficient (Wildman–Crippen LogP) is 3.04. The Kier molecular flexibility index (Phi) is 5.18. The van der Waals surface area contributed by atoms with Crippen molar-refractivity contribution in [1.82, 2.24) is 9.88 Å². The van der Waals surface area contributed by atoms with Gasteiger partial charge >= 0.3 is 5.97 Å². The highest BCUT2D eigenvalue weighted by Crippen LogP contribution is 2.19. The first kappa shape index (κ1) is 16.6. The number of hydrogen-bond acceptors (Lipinski definition) is 3.